The molecule has 2 aromatic rings. The summed E-state index contributed by atoms with van der Waals surface area (Å²) < 4.78 is 0. The lowest BCUT2D eigenvalue weighted by Crippen LogP contribution is -2.58. The molecule has 218 valence electrons. The van der Waals surface area contributed by atoms with Crippen molar-refractivity contribution in [3.8, 4) is 0 Å². The van der Waals surface area contributed by atoms with E-state index in [4.69, 9.17) is 22.9 Å². The first-order valence-corrected chi connectivity index (χ1v) is 12.3. The van der Waals surface area contributed by atoms with E-state index in [2.05, 4.69) is 25.9 Å². The Labute approximate surface area is 228 Å². The summed E-state index contributed by atoms with van der Waals surface area (Å²) in [5.41, 5.74) is 22.8. The van der Waals surface area contributed by atoms with Crippen molar-refractivity contribution in [1.82, 2.24) is 20.9 Å². The van der Waals surface area contributed by atoms with Gasteiger partial charge in [-0.05, 0) is 24.5 Å². The van der Waals surface area contributed by atoms with Crippen LogP contribution in [0.3, 0.4) is 0 Å². The Morgan fingerprint density at radius 1 is 0.925 bits per heavy atom. The van der Waals surface area contributed by atoms with Crippen molar-refractivity contribution in [3.63, 3.8) is 0 Å². The molecule has 16 heteroatoms. The number of carbonyl (C=O) groups excluding carboxylic acids is 4. The number of nitrogens with one attached hydrogen (secondary N) is 4. The number of aromatic nitrogens is 1. The summed E-state index contributed by atoms with van der Waals surface area (Å²) in [5.74, 6) is -5.15. The Hall–Kier alpha value is -4.70. The van der Waals surface area contributed by atoms with Crippen LogP contribution in [-0.2, 0) is 30.4 Å². The van der Waals surface area contributed by atoms with E-state index in [1.807, 2.05) is 12.1 Å². The van der Waals surface area contributed by atoms with Crippen LogP contribution in [0.1, 0.15) is 24.8 Å². The number of H-pyrrole nitrogens is 1. The zero-order valence-electron chi connectivity index (χ0n) is 21.6. The largest absolute Gasteiger partial charge is 0.480 e. The van der Waals surface area contributed by atoms with Crippen LogP contribution in [0.5, 0.6) is 0 Å². The third kappa shape index (κ3) is 9.55. The van der Waals surface area contributed by atoms with E-state index in [1.165, 1.54) is 0 Å². The summed E-state index contributed by atoms with van der Waals surface area (Å²) in [6, 6.07) is 1.68. The average molecular weight is 562 g/mol. The van der Waals surface area contributed by atoms with E-state index in [9.17, 15) is 34.2 Å². The molecule has 14 N–H and O–H groups in total. The lowest BCUT2D eigenvalue weighted by Gasteiger charge is -2.24. The first-order valence-electron chi connectivity index (χ1n) is 12.3. The molecule has 1 heterocycles. The fraction of sp³-hybridized carbons (Fsp3) is 0.417. The zero-order chi connectivity index (χ0) is 29.8. The minimum absolute atomic E-state index is 0.0482. The SMILES string of the molecule is NC(=O)CC(NC(=O)C(Cc1c[nH]c2ccccc12)NC(=O)C(N)CO)C(=O)NC(CCCN=C(N)N)C(=O)O. The fourth-order valence-corrected chi connectivity index (χ4v) is 3.81. The maximum Gasteiger partial charge on any atom is 0.326 e. The Morgan fingerprint density at radius 2 is 1.55 bits per heavy atom. The smallest absolute Gasteiger partial charge is 0.326 e. The third-order valence-electron chi connectivity index (χ3n) is 5.86. The molecule has 0 bridgehead atoms. The Balaban J connectivity index is 2.24. The number of nitrogens with two attached hydrogens (primary N) is 4. The number of hydrogen-bond donors (Lipinski definition) is 10. The van der Waals surface area contributed by atoms with Gasteiger partial charge in [0.15, 0.2) is 5.96 Å². The number of amides is 4. The monoisotopic (exact) mass is 561 g/mol. The van der Waals surface area contributed by atoms with Crippen LogP contribution in [0, 0.1) is 0 Å². The third-order valence-corrected chi connectivity index (χ3v) is 5.86. The highest BCUT2D eigenvalue weighted by molar-refractivity contribution is 5.96. The molecule has 0 saturated heterocycles. The van der Waals surface area contributed by atoms with Gasteiger partial charge in [0.25, 0.3) is 0 Å². The first-order chi connectivity index (χ1) is 18.9. The van der Waals surface area contributed by atoms with Gasteiger partial charge in [-0.15, -0.1) is 0 Å². The van der Waals surface area contributed by atoms with E-state index in [0.717, 1.165) is 10.9 Å². The number of benzene rings is 1. The van der Waals surface area contributed by atoms with Crippen molar-refractivity contribution in [2.24, 2.45) is 27.9 Å². The second-order valence-corrected chi connectivity index (χ2v) is 8.99. The van der Waals surface area contributed by atoms with E-state index in [0.29, 0.717) is 5.56 Å². The highest BCUT2D eigenvalue weighted by Crippen LogP contribution is 2.19. The number of carboxylic acid groups (broad SMARTS) is 1. The average Bonchev–Trinajstić information content (AvgIpc) is 3.31. The standard InChI is InChI=1S/C24H35N9O7/c25-14(11-34)20(36)32-17(8-12-10-30-15-5-2-1-4-13(12)15)21(37)33-18(9-19(26)35)22(38)31-16(23(39)40)6-3-7-29-24(27)28/h1-2,4-5,10,14,16-18,30,34H,3,6-9,11,25H2,(H2,26,35)(H,31,38)(H,32,36)(H,33,37)(H,39,40)(H4,27,28,29). The van der Waals surface area contributed by atoms with Crippen LogP contribution in [0.2, 0.25) is 0 Å². The van der Waals surface area contributed by atoms with Crippen molar-refractivity contribution < 1.29 is 34.2 Å². The summed E-state index contributed by atoms with van der Waals surface area (Å²) in [4.78, 5) is 68.9. The van der Waals surface area contributed by atoms with E-state index < -0.39 is 66.8 Å². The quantitative estimate of drug-likeness (QED) is 0.0547. The molecule has 0 aliphatic carbocycles. The number of rotatable bonds is 16. The fourth-order valence-electron chi connectivity index (χ4n) is 3.81. The maximum atomic E-state index is 13.3. The van der Waals surface area contributed by atoms with Gasteiger partial charge in [0.2, 0.25) is 23.6 Å². The van der Waals surface area contributed by atoms with Crippen LogP contribution in [0.4, 0.5) is 0 Å². The molecule has 0 aliphatic rings. The Kier molecular flexibility index (Phi) is 11.8. The Bertz CT molecular complexity index is 1240. The number of carbonyl (C=O) groups is 5. The number of aromatic amines is 1. The minimum atomic E-state index is -1.56. The maximum absolute atomic E-state index is 13.3. The van der Waals surface area contributed by atoms with Crippen LogP contribution >= 0.6 is 0 Å². The minimum Gasteiger partial charge on any atom is -0.480 e. The van der Waals surface area contributed by atoms with Crippen molar-refractivity contribution in [2.45, 2.75) is 49.9 Å². The van der Waals surface area contributed by atoms with Gasteiger partial charge in [-0.1, -0.05) is 18.2 Å². The van der Waals surface area contributed by atoms with Crippen LogP contribution < -0.4 is 38.9 Å². The van der Waals surface area contributed by atoms with Gasteiger partial charge in [-0.2, -0.15) is 0 Å². The van der Waals surface area contributed by atoms with Gasteiger partial charge >= 0.3 is 5.97 Å². The van der Waals surface area contributed by atoms with E-state index in [1.54, 1.807) is 18.3 Å². The molecule has 1 aromatic heterocycles. The number of carboxylic acids is 1. The first kappa shape index (κ1) is 31.5. The van der Waals surface area contributed by atoms with Gasteiger partial charge < -0.3 is 54.1 Å². The number of aliphatic hydroxyl groups is 1. The molecule has 4 atom stereocenters. The molecule has 0 saturated carbocycles. The molecule has 0 aliphatic heterocycles. The van der Waals surface area contributed by atoms with Crippen LogP contribution in [0.15, 0.2) is 35.5 Å². The summed E-state index contributed by atoms with van der Waals surface area (Å²) in [6.07, 6.45) is 1.12. The number of aliphatic imine (C=N–C) groups is 1. The zero-order valence-corrected chi connectivity index (χ0v) is 21.6. The highest BCUT2D eigenvalue weighted by atomic mass is 16.4. The van der Waals surface area contributed by atoms with Gasteiger partial charge in [-0.25, -0.2) is 4.79 Å². The summed E-state index contributed by atoms with van der Waals surface area (Å²) >= 11 is 0. The predicted octanol–water partition coefficient (Wildman–Crippen LogP) is -3.50. The molecule has 16 nitrogen and oxygen atoms in total. The van der Waals surface area contributed by atoms with Crippen LogP contribution in [-0.4, -0.2) is 88.1 Å². The highest BCUT2D eigenvalue weighted by Gasteiger charge is 2.31. The molecule has 1 aromatic carbocycles. The van der Waals surface area contributed by atoms with Crippen LogP contribution in [0.25, 0.3) is 10.9 Å². The van der Waals surface area contributed by atoms with Gasteiger partial charge in [-0.3, -0.25) is 24.2 Å². The van der Waals surface area contributed by atoms with Crippen molar-refractivity contribution in [2.75, 3.05) is 13.2 Å². The topological polar surface area (TPSA) is 294 Å². The molecule has 2 rings (SSSR count). The van der Waals surface area contributed by atoms with Gasteiger partial charge in [0, 0.05) is 30.1 Å². The van der Waals surface area contributed by atoms with E-state index >= 15 is 0 Å². The van der Waals surface area contributed by atoms with Crippen molar-refractivity contribution in [3.05, 3.63) is 36.0 Å². The molecule has 0 spiro atoms. The number of primary amides is 1. The number of fused-ring (bicyclic) bond motifs is 1. The molecular weight excluding hydrogens is 526 g/mol. The van der Waals surface area contributed by atoms with Crippen molar-refractivity contribution >= 4 is 46.5 Å². The predicted molar refractivity (Wildman–Crippen MR) is 144 cm³/mol. The molecule has 0 fully saturated rings. The Morgan fingerprint density at radius 3 is 2.17 bits per heavy atom. The number of hydrogen-bond acceptors (Lipinski definition) is 8. The molecule has 4 unspecified atom stereocenters. The summed E-state index contributed by atoms with van der Waals surface area (Å²) in [5, 5.41) is 26.6. The van der Waals surface area contributed by atoms with Gasteiger partial charge in [0.1, 0.15) is 24.2 Å². The van der Waals surface area contributed by atoms with Crippen molar-refractivity contribution in [1.29, 1.82) is 0 Å². The number of nitrogens with zero attached hydrogens (tertiary/aromatic N) is 1. The second kappa shape index (κ2) is 15.0. The second-order valence-electron chi connectivity index (χ2n) is 8.99. The molecule has 4 amide bonds. The number of para-hydroxylation sites is 1. The lowest BCUT2D eigenvalue weighted by molar-refractivity contribution is -0.142. The van der Waals surface area contributed by atoms with E-state index in [-0.39, 0.29) is 31.8 Å². The molecule has 40 heavy (non-hydrogen) atoms. The number of aliphatic hydroxyl groups excluding tert-OH is 1. The van der Waals surface area contributed by atoms with Gasteiger partial charge in [0.05, 0.1) is 13.0 Å². The molecular formula is C24H35N9O7. The lowest BCUT2D eigenvalue weighted by atomic mass is 10.0. The normalized spacial score (nSPS) is 13.8. The summed E-state index contributed by atoms with van der Waals surface area (Å²) in [6.45, 7) is -0.561. The summed E-state index contributed by atoms with van der Waals surface area (Å²) in [7, 11) is 0. The molecule has 0 radical (unpaired) electrons. The number of guanidine groups is 1. The number of aliphatic carboxylic acids is 1.